The molecule has 7 heteroatoms. The summed E-state index contributed by atoms with van der Waals surface area (Å²) >= 11 is 0. The zero-order valence-corrected chi connectivity index (χ0v) is 15.9. The van der Waals surface area contributed by atoms with E-state index in [1.165, 1.54) is 0 Å². The summed E-state index contributed by atoms with van der Waals surface area (Å²) in [5.41, 5.74) is 2.67. The second kappa shape index (κ2) is 6.99. The quantitative estimate of drug-likeness (QED) is 0.713. The summed E-state index contributed by atoms with van der Waals surface area (Å²) in [7, 11) is 0. The van der Waals surface area contributed by atoms with Gasteiger partial charge >= 0.3 is 5.97 Å². The van der Waals surface area contributed by atoms with Gasteiger partial charge in [-0.25, -0.2) is 9.78 Å². The average Bonchev–Trinajstić information content (AvgIpc) is 3.35. The Hall–Kier alpha value is -3.22. The van der Waals surface area contributed by atoms with Gasteiger partial charge in [0.2, 0.25) is 0 Å². The zero-order chi connectivity index (χ0) is 20.0. The molecular formula is C22H22N4O3. The number of carboxylic acids is 1. The summed E-state index contributed by atoms with van der Waals surface area (Å²) in [4.78, 5) is 39.1. The molecule has 3 heterocycles. The number of H-pyrrole nitrogens is 1. The molecule has 1 aromatic carbocycles. The van der Waals surface area contributed by atoms with Crippen LogP contribution in [0.4, 0.5) is 0 Å². The number of aromatic nitrogens is 3. The maximum Gasteiger partial charge on any atom is 0.326 e. The van der Waals surface area contributed by atoms with E-state index in [0.29, 0.717) is 23.3 Å². The number of nitrogens with one attached hydrogen (secondary N) is 1. The molecule has 2 fully saturated rings. The zero-order valence-electron chi connectivity index (χ0n) is 15.9. The molecular weight excluding hydrogens is 368 g/mol. The van der Waals surface area contributed by atoms with E-state index in [9.17, 15) is 14.7 Å². The lowest BCUT2D eigenvalue weighted by atomic mass is 9.84. The maximum atomic E-state index is 13.6. The van der Waals surface area contributed by atoms with E-state index in [2.05, 4.69) is 15.0 Å². The Bertz CT molecular complexity index is 1080. The van der Waals surface area contributed by atoms with Crippen LogP contribution < -0.4 is 0 Å². The van der Waals surface area contributed by atoms with Gasteiger partial charge < -0.3 is 15.0 Å². The molecule has 3 atom stereocenters. The van der Waals surface area contributed by atoms with Crippen molar-refractivity contribution in [2.45, 2.75) is 44.2 Å². The van der Waals surface area contributed by atoms with Crippen LogP contribution in [-0.2, 0) is 4.79 Å². The van der Waals surface area contributed by atoms with Crippen LogP contribution >= 0.6 is 0 Å². The molecule has 0 bridgehead atoms. The van der Waals surface area contributed by atoms with Gasteiger partial charge in [-0.2, -0.15) is 0 Å². The van der Waals surface area contributed by atoms with Gasteiger partial charge in [-0.1, -0.05) is 18.9 Å². The first kappa shape index (κ1) is 17.8. The Morgan fingerprint density at radius 1 is 1.10 bits per heavy atom. The predicted molar refractivity (Wildman–Crippen MR) is 107 cm³/mol. The molecule has 1 aliphatic heterocycles. The van der Waals surface area contributed by atoms with Crippen LogP contribution in [0.25, 0.3) is 22.4 Å². The third-order valence-corrected chi connectivity index (χ3v) is 6.30. The molecule has 2 N–H and O–H groups in total. The molecule has 3 unspecified atom stereocenters. The Labute approximate surface area is 167 Å². The van der Waals surface area contributed by atoms with E-state index in [1.54, 1.807) is 23.4 Å². The van der Waals surface area contributed by atoms with Gasteiger partial charge in [-0.05, 0) is 49.4 Å². The van der Waals surface area contributed by atoms with Crippen molar-refractivity contribution in [3.8, 4) is 11.4 Å². The molecule has 7 nitrogen and oxygen atoms in total. The lowest BCUT2D eigenvalue weighted by molar-refractivity contribution is -0.141. The number of aromatic amines is 1. The van der Waals surface area contributed by atoms with E-state index < -0.39 is 12.0 Å². The molecule has 3 aromatic rings. The van der Waals surface area contributed by atoms with Gasteiger partial charge in [0.15, 0.2) is 0 Å². The number of benzene rings is 1. The average molecular weight is 390 g/mol. The number of carboxylic acid groups (broad SMARTS) is 1. The molecule has 0 spiro atoms. The van der Waals surface area contributed by atoms with Crippen molar-refractivity contribution >= 4 is 22.9 Å². The highest BCUT2D eigenvalue weighted by molar-refractivity contribution is 6.06. The number of carbonyl (C=O) groups is 2. The second-order valence-corrected chi connectivity index (χ2v) is 7.94. The number of para-hydroxylation sites is 1. The van der Waals surface area contributed by atoms with Crippen molar-refractivity contribution in [2.75, 3.05) is 0 Å². The number of pyridine rings is 1. The van der Waals surface area contributed by atoms with Crippen LogP contribution in [0.2, 0.25) is 0 Å². The first-order valence-electron chi connectivity index (χ1n) is 10.1. The van der Waals surface area contributed by atoms with Gasteiger partial charge in [0.05, 0.1) is 11.1 Å². The number of likely N-dealkylation sites (tertiary alicyclic amines) is 1. The molecule has 2 aliphatic rings. The summed E-state index contributed by atoms with van der Waals surface area (Å²) in [6.07, 6.45) is 7.95. The van der Waals surface area contributed by atoms with Crippen LogP contribution in [-0.4, -0.2) is 48.9 Å². The topological polar surface area (TPSA) is 99.2 Å². The first-order valence-corrected chi connectivity index (χ1v) is 10.1. The summed E-state index contributed by atoms with van der Waals surface area (Å²) in [5.74, 6) is -0.210. The number of rotatable bonds is 3. The SMILES string of the molecule is O=C(O)C1CC2CCCCC2N1C(=O)c1cccc2[nH]c(-c3ccncc3)nc12. The summed E-state index contributed by atoms with van der Waals surface area (Å²) in [6.45, 7) is 0. The van der Waals surface area contributed by atoms with Gasteiger partial charge in [0.1, 0.15) is 17.4 Å². The summed E-state index contributed by atoms with van der Waals surface area (Å²) in [6, 6.07) is 8.40. The van der Waals surface area contributed by atoms with Crippen molar-refractivity contribution in [2.24, 2.45) is 5.92 Å². The molecule has 1 saturated carbocycles. The van der Waals surface area contributed by atoms with E-state index in [-0.39, 0.29) is 17.9 Å². The minimum Gasteiger partial charge on any atom is -0.480 e. The van der Waals surface area contributed by atoms with Gasteiger partial charge in [0, 0.05) is 24.0 Å². The van der Waals surface area contributed by atoms with Crippen LogP contribution in [0.1, 0.15) is 42.5 Å². The Balaban J connectivity index is 1.56. The highest BCUT2D eigenvalue weighted by atomic mass is 16.4. The van der Waals surface area contributed by atoms with Gasteiger partial charge in [-0.3, -0.25) is 9.78 Å². The lowest BCUT2D eigenvalue weighted by Gasteiger charge is -2.33. The minimum absolute atomic E-state index is 0.00576. The van der Waals surface area contributed by atoms with Crippen LogP contribution in [0.5, 0.6) is 0 Å². The maximum absolute atomic E-state index is 13.6. The highest BCUT2D eigenvalue weighted by Crippen LogP contribution is 2.41. The van der Waals surface area contributed by atoms with Gasteiger partial charge in [-0.15, -0.1) is 0 Å². The van der Waals surface area contributed by atoms with Crippen molar-refractivity contribution in [1.29, 1.82) is 0 Å². The smallest absolute Gasteiger partial charge is 0.326 e. The Morgan fingerprint density at radius 2 is 1.90 bits per heavy atom. The van der Waals surface area contributed by atoms with E-state index >= 15 is 0 Å². The molecule has 2 aromatic heterocycles. The molecule has 1 aliphatic carbocycles. The largest absolute Gasteiger partial charge is 0.480 e. The molecule has 1 saturated heterocycles. The number of imidazole rings is 1. The molecule has 5 rings (SSSR count). The van der Waals surface area contributed by atoms with Crippen LogP contribution in [0.3, 0.4) is 0 Å². The van der Waals surface area contributed by atoms with E-state index in [1.807, 2.05) is 24.3 Å². The molecule has 1 amide bonds. The highest BCUT2D eigenvalue weighted by Gasteiger charge is 2.48. The molecule has 29 heavy (non-hydrogen) atoms. The number of hydrogen-bond donors (Lipinski definition) is 2. The monoisotopic (exact) mass is 390 g/mol. The Morgan fingerprint density at radius 3 is 2.69 bits per heavy atom. The van der Waals surface area contributed by atoms with Crippen molar-refractivity contribution in [3.05, 3.63) is 48.3 Å². The van der Waals surface area contributed by atoms with E-state index in [0.717, 1.165) is 36.8 Å². The third-order valence-electron chi connectivity index (χ3n) is 6.30. The fourth-order valence-corrected chi connectivity index (χ4v) is 4.96. The number of nitrogens with zero attached hydrogens (tertiary/aromatic N) is 3. The predicted octanol–water partition coefficient (Wildman–Crippen LogP) is 3.48. The van der Waals surface area contributed by atoms with Gasteiger partial charge in [0.25, 0.3) is 5.91 Å². The normalized spacial score (nSPS) is 23.9. The number of amides is 1. The third kappa shape index (κ3) is 2.97. The lowest BCUT2D eigenvalue weighted by Crippen LogP contribution is -2.46. The molecule has 0 radical (unpaired) electrons. The van der Waals surface area contributed by atoms with Crippen LogP contribution in [0, 0.1) is 5.92 Å². The van der Waals surface area contributed by atoms with Crippen molar-refractivity contribution in [1.82, 2.24) is 19.9 Å². The number of hydrogen-bond acceptors (Lipinski definition) is 4. The van der Waals surface area contributed by atoms with Crippen molar-refractivity contribution in [3.63, 3.8) is 0 Å². The van der Waals surface area contributed by atoms with Crippen LogP contribution in [0.15, 0.2) is 42.7 Å². The fourth-order valence-electron chi connectivity index (χ4n) is 4.96. The standard InChI is InChI=1S/C22H22N4O3/c27-21(26-17-7-2-1-4-14(17)12-18(26)22(28)29)15-5-3-6-16-19(15)25-20(24-16)13-8-10-23-11-9-13/h3,5-6,8-11,14,17-18H,1-2,4,7,12H2,(H,24,25)(H,28,29). The summed E-state index contributed by atoms with van der Waals surface area (Å²) in [5, 5.41) is 9.77. The summed E-state index contributed by atoms with van der Waals surface area (Å²) < 4.78 is 0. The Kier molecular flexibility index (Phi) is 4.30. The number of carbonyl (C=O) groups excluding carboxylic acids is 1. The number of fused-ring (bicyclic) bond motifs is 2. The van der Waals surface area contributed by atoms with E-state index in [4.69, 9.17) is 0 Å². The van der Waals surface area contributed by atoms with Crippen molar-refractivity contribution < 1.29 is 14.7 Å². The number of aliphatic carboxylic acids is 1. The molecule has 148 valence electrons. The first-order chi connectivity index (χ1) is 14.1. The minimum atomic E-state index is -0.917. The fraction of sp³-hybridized carbons (Fsp3) is 0.364. The second-order valence-electron chi connectivity index (χ2n) is 7.94.